The van der Waals surface area contributed by atoms with Crippen LogP contribution in [-0.2, 0) is 5.54 Å². The number of hydrogen-bond acceptors (Lipinski definition) is 3. The highest BCUT2D eigenvalue weighted by Gasteiger charge is 2.36. The Hall–Kier alpha value is -1.19. The summed E-state index contributed by atoms with van der Waals surface area (Å²) < 4.78 is 1.90. The lowest BCUT2D eigenvalue weighted by Crippen LogP contribution is -2.33. The molecule has 4 heteroatoms. The van der Waals surface area contributed by atoms with E-state index in [0.29, 0.717) is 6.54 Å². The van der Waals surface area contributed by atoms with E-state index in [1.807, 2.05) is 16.9 Å². The summed E-state index contributed by atoms with van der Waals surface area (Å²) in [6.07, 6.45) is 8.09. The van der Waals surface area contributed by atoms with Crippen LogP contribution in [0.4, 0.5) is 0 Å². The van der Waals surface area contributed by atoms with E-state index in [-0.39, 0.29) is 5.54 Å². The highest BCUT2D eigenvalue weighted by atomic mass is 16.3. The maximum atomic E-state index is 10.4. The summed E-state index contributed by atoms with van der Waals surface area (Å²) in [4.78, 5) is 10.4. The van der Waals surface area contributed by atoms with Gasteiger partial charge in [0.15, 0.2) is 0 Å². The van der Waals surface area contributed by atoms with E-state index in [9.17, 15) is 4.91 Å². The fraction of sp³-hybridized carbons (Fsp3) is 0.667. The molecule has 0 amide bonds. The summed E-state index contributed by atoms with van der Waals surface area (Å²) in [6, 6.07) is 1.89. The lowest BCUT2D eigenvalue weighted by atomic mass is 9.98. The molecular formula is C9H13N3O. The molecule has 1 saturated carbocycles. The van der Waals surface area contributed by atoms with Crippen LogP contribution in [0.2, 0.25) is 0 Å². The molecule has 2 rings (SSSR count). The number of nitroso groups, excluding NO2 is 1. The van der Waals surface area contributed by atoms with Gasteiger partial charge in [0, 0.05) is 12.4 Å². The van der Waals surface area contributed by atoms with Gasteiger partial charge in [-0.2, -0.15) is 10.0 Å². The first-order valence-corrected chi connectivity index (χ1v) is 4.67. The Bertz CT molecular complexity index is 275. The molecule has 0 N–H and O–H groups in total. The van der Waals surface area contributed by atoms with Gasteiger partial charge in [-0.1, -0.05) is 18.0 Å². The van der Waals surface area contributed by atoms with Crippen LogP contribution in [-0.4, -0.2) is 16.3 Å². The quantitative estimate of drug-likeness (QED) is 0.665. The SMILES string of the molecule is O=NCC1(n2cccn2)CCCC1. The van der Waals surface area contributed by atoms with Gasteiger partial charge in [0.1, 0.15) is 6.54 Å². The van der Waals surface area contributed by atoms with Crippen molar-refractivity contribution >= 4 is 0 Å². The summed E-state index contributed by atoms with van der Waals surface area (Å²) in [6.45, 7) is 0.356. The molecular weight excluding hydrogens is 166 g/mol. The lowest BCUT2D eigenvalue weighted by molar-refractivity contribution is 0.273. The molecule has 1 fully saturated rings. The summed E-state index contributed by atoms with van der Waals surface area (Å²) in [5.41, 5.74) is -0.106. The van der Waals surface area contributed by atoms with Gasteiger partial charge in [-0.05, 0) is 18.9 Å². The Morgan fingerprint density at radius 3 is 2.77 bits per heavy atom. The molecule has 13 heavy (non-hydrogen) atoms. The highest BCUT2D eigenvalue weighted by molar-refractivity contribution is 4.95. The molecule has 1 aliphatic carbocycles. The second-order valence-electron chi connectivity index (χ2n) is 3.67. The Morgan fingerprint density at radius 2 is 2.23 bits per heavy atom. The zero-order valence-electron chi connectivity index (χ0n) is 7.52. The summed E-state index contributed by atoms with van der Waals surface area (Å²) in [5, 5.41) is 7.24. The van der Waals surface area contributed by atoms with Crippen LogP contribution in [0.15, 0.2) is 23.6 Å². The average Bonchev–Trinajstić information content (AvgIpc) is 2.73. The Labute approximate surface area is 76.9 Å². The molecule has 1 heterocycles. The summed E-state index contributed by atoms with van der Waals surface area (Å²) in [7, 11) is 0. The smallest absolute Gasteiger partial charge is 0.106 e. The van der Waals surface area contributed by atoms with Crippen LogP contribution in [0.1, 0.15) is 25.7 Å². The average molecular weight is 179 g/mol. The second kappa shape index (κ2) is 3.28. The van der Waals surface area contributed by atoms with Gasteiger partial charge < -0.3 is 0 Å². The normalized spacial score (nSPS) is 20.3. The highest BCUT2D eigenvalue weighted by Crippen LogP contribution is 2.36. The fourth-order valence-corrected chi connectivity index (χ4v) is 2.16. The number of nitrogens with zero attached hydrogens (tertiary/aromatic N) is 3. The molecule has 1 aliphatic rings. The zero-order chi connectivity index (χ0) is 9.15. The van der Waals surface area contributed by atoms with E-state index in [2.05, 4.69) is 10.3 Å². The Kier molecular flexibility index (Phi) is 2.12. The van der Waals surface area contributed by atoms with Crippen molar-refractivity contribution in [3.05, 3.63) is 23.4 Å². The first-order valence-electron chi connectivity index (χ1n) is 4.67. The minimum Gasteiger partial charge on any atom is -0.265 e. The predicted molar refractivity (Wildman–Crippen MR) is 49.3 cm³/mol. The minimum absolute atomic E-state index is 0.106. The minimum atomic E-state index is -0.106. The van der Waals surface area contributed by atoms with Crippen LogP contribution < -0.4 is 0 Å². The van der Waals surface area contributed by atoms with Gasteiger partial charge >= 0.3 is 0 Å². The van der Waals surface area contributed by atoms with E-state index in [1.54, 1.807) is 6.20 Å². The van der Waals surface area contributed by atoms with Crippen molar-refractivity contribution in [1.29, 1.82) is 0 Å². The Morgan fingerprint density at radius 1 is 1.46 bits per heavy atom. The molecule has 0 bridgehead atoms. The third-order valence-electron chi connectivity index (χ3n) is 2.88. The van der Waals surface area contributed by atoms with Crippen molar-refractivity contribution < 1.29 is 0 Å². The molecule has 0 unspecified atom stereocenters. The standard InChI is InChI=1S/C9H13N3O/c13-11-8-9(4-1-2-5-9)12-7-3-6-10-12/h3,6-7H,1-2,4-5,8H2. The monoisotopic (exact) mass is 179 g/mol. The van der Waals surface area contributed by atoms with Gasteiger partial charge in [-0.15, -0.1) is 0 Å². The molecule has 0 spiro atoms. The fourth-order valence-electron chi connectivity index (χ4n) is 2.16. The molecule has 0 radical (unpaired) electrons. The van der Waals surface area contributed by atoms with Gasteiger partial charge in [0.2, 0.25) is 0 Å². The molecule has 4 nitrogen and oxygen atoms in total. The molecule has 0 atom stereocenters. The largest absolute Gasteiger partial charge is 0.265 e. The Balaban J connectivity index is 2.27. The van der Waals surface area contributed by atoms with E-state index >= 15 is 0 Å². The van der Waals surface area contributed by atoms with Gasteiger partial charge in [0.25, 0.3) is 0 Å². The number of rotatable bonds is 3. The predicted octanol–water partition coefficient (Wildman–Crippen LogP) is 1.92. The first-order chi connectivity index (χ1) is 6.37. The van der Waals surface area contributed by atoms with Crippen LogP contribution in [0.5, 0.6) is 0 Å². The molecule has 0 aromatic carbocycles. The lowest BCUT2D eigenvalue weighted by Gasteiger charge is -2.26. The van der Waals surface area contributed by atoms with Crippen molar-refractivity contribution in [2.24, 2.45) is 5.18 Å². The van der Waals surface area contributed by atoms with E-state index in [1.165, 1.54) is 12.8 Å². The molecule has 0 aliphatic heterocycles. The molecule has 1 aromatic heterocycles. The van der Waals surface area contributed by atoms with Gasteiger partial charge in [-0.3, -0.25) is 4.68 Å². The third kappa shape index (κ3) is 1.36. The van der Waals surface area contributed by atoms with Crippen molar-refractivity contribution in [3.8, 4) is 0 Å². The van der Waals surface area contributed by atoms with Crippen LogP contribution >= 0.6 is 0 Å². The van der Waals surface area contributed by atoms with Crippen molar-refractivity contribution in [3.63, 3.8) is 0 Å². The topological polar surface area (TPSA) is 47.2 Å². The third-order valence-corrected chi connectivity index (χ3v) is 2.88. The maximum Gasteiger partial charge on any atom is 0.106 e. The number of aromatic nitrogens is 2. The number of hydrogen-bond donors (Lipinski definition) is 0. The second-order valence-corrected chi connectivity index (χ2v) is 3.67. The van der Waals surface area contributed by atoms with Crippen LogP contribution in [0.3, 0.4) is 0 Å². The maximum absolute atomic E-state index is 10.4. The van der Waals surface area contributed by atoms with Gasteiger partial charge in [0.05, 0.1) is 5.54 Å². The molecule has 0 saturated heterocycles. The van der Waals surface area contributed by atoms with Crippen LogP contribution in [0, 0.1) is 4.91 Å². The molecule has 1 aromatic rings. The van der Waals surface area contributed by atoms with Crippen molar-refractivity contribution in [2.45, 2.75) is 31.2 Å². The summed E-state index contributed by atoms with van der Waals surface area (Å²) in [5.74, 6) is 0. The summed E-state index contributed by atoms with van der Waals surface area (Å²) >= 11 is 0. The first kappa shape index (κ1) is 8.41. The van der Waals surface area contributed by atoms with E-state index in [4.69, 9.17) is 0 Å². The van der Waals surface area contributed by atoms with Gasteiger partial charge in [-0.25, -0.2) is 0 Å². The van der Waals surface area contributed by atoms with E-state index < -0.39 is 0 Å². The molecule has 70 valence electrons. The van der Waals surface area contributed by atoms with Crippen molar-refractivity contribution in [1.82, 2.24) is 9.78 Å². The van der Waals surface area contributed by atoms with Crippen LogP contribution in [0.25, 0.3) is 0 Å². The van der Waals surface area contributed by atoms with Crippen molar-refractivity contribution in [2.75, 3.05) is 6.54 Å². The zero-order valence-corrected chi connectivity index (χ0v) is 7.52. The van der Waals surface area contributed by atoms with E-state index in [0.717, 1.165) is 12.8 Å².